The summed E-state index contributed by atoms with van der Waals surface area (Å²) < 4.78 is 0. The van der Waals surface area contributed by atoms with Crippen LogP contribution in [0.4, 0.5) is 0 Å². The zero-order chi connectivity index (χ0) is 7.11. The quantitative estimate of drug-likeness (QED) is 0.451. The van der Waals surface area contributed by atoms with E-state index in [4.69, 9.17) is 5.11 Å². The van der Waals surface area contributed by atoms with Crippen LogP contribution in [0.1, 0.15) is 26.2 Å². The smallest absolute Gasteiger partial charge is 0.237 e. The summed E-state index contributed by atoms with van der Waals surface area (Å²) in [7, 11) is 0. The van der Waals surface area contributed by atoms with E-state index in [2.05, 4.69) is 4.99 Å². The van der Waals surface area contributed by atoms with Gasteiger partial charge in [0.2, 0.25) is 6.08 Å². The van der Waals surface area contributed by atoms with E-state index in [0.29, 0.717) is 6.42 Å². The average Bonchev–Trinajstić information content (AvgIpc) is 1.85. The van der Waals surface area contributed by atoms with Crippen LogP contribution >= 0.6 is 0 Å². The highest BCUT2D eigenvalue weighted by molar-refractivity contribution is 5.33. The minimum Gasteiger partial charge on any atom is -0.371 e. The largest absolute Gasteiger partial charge is 0.371 e. The molecule has 0 heterocycles. The van der Waals surface area contributed by atoms with Crippen molar-refractivity contribution in [2.45, 2.75) is 32.4 Å². The van der Waals surface area contributed by atoms with Gasteiger partial charge in [-0.1, -0.05) is 13.3 Å². The van der Waals surface area contributed by atoms with Crippen molar-refractivity contribution in [3.63, 3.8) is 0 Å². The second-order valence-corrected chi connectivity index (χ2v) is 1.84. The van der Waals surface area contributed by atoms with Crippen molar-refractivity contribution in [2.75, 3.05) is 0 Å². The summed E-state index contributed by atoms with van der Waals surface area (Å²) in [4.78, 5) is 12.6. The van der Waals surface area contributed by atoms with Gasteiger partial charge in [-0.3, -0.25) is 0 Å². The van der Waals surface area contributed by atoms with Crippen molar-refractivity contribution in [1.29, 1.82) is 0 Å². The highest BCUT2D eigenvalue weighted by Crippen LogP contribution is 1.99. The zero-order valence-electron chi connectivity index (χ0n) is 5.50. The number of hydrogen-bond donors (Lipinski definition) is 1. The molecule has 9 heavy (non-hydrogen) atoms. The van der Waals surface area contributed by atoms with Crippen LogP contribution in [0.5, 0.6) is 0 Å². The number of aliphatic hydroxyl groups is 1. The van der Waals surface area contributed by atoms with Gasteiger partial charge in [0, 0.05) is 0 Å². The number of rotatable bonds is 4. The van der Waals surface area contributed by atoms with Gasteiger partial charge in [-0.15, -0.1) is 0 Å². The number of carbonyl (C=O) groups excluding carboxylic acids is 1. The Morgan fingerprint density at radius 1 is 1.78 bits per heavy atom. The number of hydrogen-bond acceptors (Lipinski definition) is 3. The molecule has 0 aliphatic heterocycles. The van der Waals surface area contributed by atoms with Crippen LogP contribution in [-0.4, -0.2) is 17.4 Å². The van der Waals surface area contributed by atoms with Crippen molar-refractivity contribution < 1.29 is 9.90 Å². The first-order valence-electron chi connectivity index (χ1n) is 3.06. The number of isocyanates is 1. The Bertz CT molecular complexity index is 108. The van der Waals surface area contributed by atoms with Gasteiger partial charge in [-0.05, 0) is 12.8 Å². The molecule has 52 valence electrons. The van der Waals surface area contributed by atoms with E-state index in [1.54, 1.807) is 0 Å². The normalized spacial score (nSPS) is 12.2. The summed E-state index contributed by atoms with van der Waals surface area (Å²) in [6.45, 7) is 2.01. The Morgan fingerprint density at radius 3 is 2.89 bits per heavy atom. The second-order valence-electron chi connectivity index (χ2n) is 1.84. The first kappa shape index (κ1) is 8.34. The van der Waals surface area contributed by atoms with E-state index >= 15 is 0 Å². The van der Waals surface area contributed by atoms with Crippen molar-refractivity contribution in [3.05, 3.63) is 0 Å². The molecular weight excluding hydrogens is 118 g/mol. The molecule has 0 radical (unpaired) electrons. The van der Waals surface area contributed by atoms with Gasteiger partial charge in [-0.2, -0.15) is 4.99 Å². The van der Waals surface area contributed by atoms with E-state index in [0.717, 1.165) is 12.8 Å². The predicted octanol–water partition coefficient (Wildman–Crippen LogP) is 0.831. The van der Waals surface area contributed by atoms with E-state index in [1.165, 1.54) is 6.08 Å². The molecule has 0 bridgehead atoms. The monoisotopic (exact) mass is 129 g/mol. The molecule has 1 N–H and O–H groups in total. The van der Waals surface area contributed by atoms with Gasteiger partial charge >= 0.3 is 0 Å². The summed E-state index contributed by atoms with van der Waals surface area (Å²) in [5.41, 5.74) is 0. The lowest BCUT2D eigenvalue weighted by molar-refractivity contribution is 0.171. The summed E-state index contributed by atoms with van der Waals surface area (Å²) in [6.07, 6.45) is 2.93. The third kappa shape index (κ3) is 5.21. The van der Waals surface area contributed by atoms with Crippen molar-refractivity contribution in [2.24, 2.45) is 4.99 Å². The third-order valence-electron chi connectivity index (χ3n) is 1.02. The molecule has 0 aliphatic carbocycles. The fraction of sp³-hybridized carbons (Fsp3) is 0.833. The number of nitrogens with zero attached hydrogens (tertiary/aromatic N) is 1. The Hall–Kier alpha value is -0.660. The lowest BCUT2D eigenvalue weighted by Gasteiger charge is -1.98. The molecule has 0 aliphatic rings. The molecule has 0 fully saturated rings. The van der Waals surface area contributed by atoms with E-state index < -0.39 is 6.23 Å². The van der Waals surface area contributed by atoms with Crippen molar-refractivity contribution in [1.82, 2.24) is 0 Å². The number of aliphatic imine (C=N–C) groups is 1. The van der Waals surface area contributed by atoms with Crippen LogP contribution in [0, 0.1) is 0 Å². The van der Waals surface area contributed by atoms with Gasteiger partial charge in [0.1, 0.15) is 0 Å². The summed E-state index contributed by atoms with van der Waals surface area (Å²) in [6, 6.07) is 0. The topological polar surface area (TPSA) is 49.7 Å². The molecular formula is C6H11NO2. The molecule has 0 amide bonds. The summed E-state index contributed by atoms with van der Waals surface area (Å²) in [5, 5.41) is 8.75. The first-order valence-corrected chi connectivity index (χ1v) is 3.06. The maximum absolute atomic E-state index is 9.53. The maximum atomic E-state index is 9.53. The highest BCUT2D eigenvalue weighted by atomic mass is 16.3. The SMILES string of the molecule is CCCCC(O)N=C=O. The minimum absolute atomic E-state index is 0.561. The summed E-state index contributed by atoms with van der Waals surface area (Å²) >= 11 is 0. The average molecular weight is 129 g/mol. The fourth-order valence-electron chi connectivity index (χ4n) is 0.512. The maximum Gasteiger partial charge on any atom is 0.237 e. The van der Waals surface area contributed by atoms with Crippen LogP contribution in [-0.2, 0) is 4.79 Å². The molecule has 0 saturated carbocycles. The lowest BCUT2D eigenvalue weighted by Crippen LogP contribution is -2.00. The number of aliphatic hydroxyl groups excluding tert-OH is 1. The van der Waals surface area contributed by atoms with Gasteiger partial charge in [-0.25, -0.2) is 4.79 Å². The Morgan fingerprint density at radius 2 is 2.44 bits per heavy atom. The molecule has 0 saturated heterocycles. The summed E-state index contributed by atoms with van der Waals surface area (Å²) in [5.74, 6) is 0. The van der Waals surface area contributed by atoms with E-state index in [9.17, 15) is 4.79 Å². The lowest BCUT2D eigenvalue weighted by atomic mass is 10.2. The zero-order valence-corrected chi connectivity index (χ0v) is 5.50. The predicted molar refractivity (Wildman–Crippen MR) is 33.7 cm³/mol. The molecule has 0 aromatic carbocycles. The highest BCUT2D eigenvalue weighted by Gasteiger charge is 1.96. The molecule has 0 aromatic rings. The van der Waals surface area contributed by atoms with E-state index in [1.807, 2.05) is 6.92 Å². The van der Waals surface area contributed by atoms with Crippen LogP contribution in [0.3, 0.4) is 0 Å². The molecule has 0 aromatic heterocycles. The fourth-order valence-corrected chi connectivity index (χ4v) is 0.512. The minimum atomic E-state index is -0.831. The molecule has 1 atom stereocenters. The van der Waals surface area contributed by atoms with Gasteiger partial charge < -0.3 is 5.11 Å². The van der Waals surface area contributed by atoms with E-state index in [-0.39, 0.29) is 0 Å². The molecule has 0 rings (SSSR count). The third-order valence-corrected chi connectivity index (χ3v) is 1.02. The van der Waals surface area contributed by atoms with Crippen LogP contribution in [0.15, 0.2) is 4.99 Å². The van der Waals surface area contributed by atoms with Gasteiger partial charge in [0.15, 0.2) is 6.23 Å². The van der Waals surface area contributed by atoms with Crippen LogP contribution in [0.25, 0.3) is 0 Å². The van der Waals surface area contributed by atoms with Crippen molar-refractivity contribution in [3.8, 4) is 0 Å². The van der Waals surface area contributed by atoms with Crippen LogP contribution < -0.4 is 0 Å². The van der Waals surface area contributed by atoms with Crippen LogP contribution in [0.2, 0.25) is 0 Å². The standard InChI is InChI=1S/C6H11NO2/c1-2-3-4-6(9)7-5-8/h6,9H,2-4H2,1H3. The van der Waals surface area contributed by atoms with Gasteiger partial charge in [0.05, 0.1) is 0 Å². The Balaban J connectivity index is 3.26. The van der Waals surface area contributed by atoms with Crippen molar-refractivity contribution >= 4 is 6.08 Å². The van der Waals surface area contributed by atoms with Gasteiger partial charge in [0.25, 0.3) is 0 Å². The first-order chi connectivity index (χ1) is 4.31. The molecule has 3 nitrogen and oxygen atoms in total. The molecule has 0 spiro atoms. The molecule has 1 unspecified atom stereocenters. The second kappa shape index (κ2) is 5.48. The number of unbranched alkanes of at least 4 members (excludes halogenated alkanes) is 1. The Kier molecular flexibility index (Phi) is 5.07. The Labute approximate surface area is 54.4 Å². The molecule has 3 heteroatoms.